The third-order valence-corrected chi connectivity index (χ3v) is 14.8. The minimum atomic E-state index is -0.954. The number of likely N-dealkylation sites (tertiary alicyclic amines) is 1. The molecule has 68 heavy (non-hydrogen) atoms. The number of nitrogens with zero attached hydrogens (tertiary/aromatic N) is 8. The fourth-order valence-corrected chi connectivity index (χ4v) is 10.8. The molecule has 4 amide bonds. The number of aliphatic hydroxyl groups is 1. The zero-order valence-electron chi connectivity index (χ0n) is 38.8. The molecule has 2 aliphatic rings. The van der Waals surface area contributed by atoms with E-state index in [0.29, 0.717) is 12.0 Å². The molecular formula is C49H56N12O5S2. The number of nitriles is 1. The van der Waals surface area contributed by atoms with Crippen LogP contribution in [0.15, 0.2) is 66.4 Å². The summed E-state index contributed by atoms with van der Waals surface area (Å²) in [7, 11) is 1.85. The summed E-state index contributed by atoms with van der Waals surface area (Å²) in [4.78, 5) is 65.4. The van der Waals surface area contributed by atoms with Gasteiger partial charge in [0.25, 0.3) is 0 Å². The van der Waals surface area contributed by atoms with Crippen LogP contribution in [0.5, 0.6) is 0 Å². The number of hydrogen-bond donors (Lipinski definition) is 5. The van der Waals surface area contributed by atoms with Crippen molar-refractivity contribution in [3.05, 3.63) is 88.3 Å². The molecule has 1 aromatic carbocycles. The van der Waals surface area contributed by atoms with Crippen LogP contribution >= 0.6 is 22.7 Å². The van der Waals surface area contributed by atoms with Gasteiger partial charge in [0, 0.05) is 63.2 Å². The first-order chi connectivity index (χ1) is 32.7. The van der Waals surface area contributed by atoms with Crippen LogP contribution in [-0.2, 0) is 25.7 Å². The number of anilines is 1. The summed E-state index contributed by atoms with van der Waals surface area (Å²) < 4.78 is 1.76. The molecule has 0 radical (unpaired) electrons. The van der Waals surface area contributed by atoms with Crippen molar-refractivity contribution < 1.29 is 24.3 Å². The number of benzene rings is 1. The molecule has 6 aromatic rings. The van der Waals surface area contributed by atoms with Gasteiger partial charge in [-0.05, 0) is 79.8 Å². The highest BCUT2D eigenvalue weighted by atomic mass is 32.1. The zero-order valence-corrected chi connectivity index (χ0v) is 40.4. The Morgan fingerprint density at radius 1 is 0.971 bits per heavy atom. The highest BCUT2D eigenvalue weighted by Crippen LogP contribution is 2.39. The summed E-state index contributed by atoms with van der Waals surface area (Å²) in [6, 6.07) is 15.7. The number of aryl methyl sites for hydroxylation is 1. The van der Waals surface area contributed by atoms with Gasteiger partial charge in [0.2, 0.25) is 23.6 Å². The third-order valence-electron chi connectivity index (χ3n) is 12.7. The van der Waals surface area contributed by atoms with E-state index in [0.717, 1.165) is 85.6 Å². The Bertz CT molecular complexity index is 2840. The monoisotopic (exact) mass is 956 g/mol. The van der Waals surface area contributed by atoms with E-state index in [9.17, 15) is 29.5 Å². The SMILES string of the molecule is CNc1cc(-c2ccc3cc(C#N)cnn23)ncc1-c1nnc(C2CCC(NC(=O)CCCC(=O)N[C@H](C(=O)N3C[C@H](O)C[C@H]3C(=O)NCc3ccc(-c4scnc4C)cc3)C(C)(C)C)CC2)s1. The van der Waals surface area contributed by atoms with Crippen LogP contribution in [-0.4, -0.2) is 101 Å². The molecule has 17 nitrogen and oxygen atoms in total. The highest BCUT2D eigenvalue weighted by molar-refractivity contribution is 7.14. The molecule has 0 bridgehead atoms. The number of nitrogens with one attached hydrogen (secondary N) is 4. The quantitative estimate of drug-likeness (QED) is 0.0755. The van der Waals surface area contributed by atoms with E-state index < -0.39 is 29.5 Å². The number of carbonyl (C=O) groups excluding carboxylic acids is 4. The maximum Gasteiger partial charge on any atom is 0.246 e. The van der Waals surface area contributed by atoms with Crippen molar-refractivity contribution in [3.63, 3.8) is 0 Å². The van der Waals surface area contributed by atoms with E-state index in [2.05, 4.69) is 47.6 Å². The average Bonchev–Trinajstić information content (AvgIpc) is 4.17. The number of thiazole rings is 1. The molecule has 354 valence electrons. The number of fused-ring (bicyclic) bond motifs is 1. The van der Waals surface area contributed by atoms with Gasteiger partial charge in [-0.3, -0.25) is 24.2 Å². The zero-order chi connectivity index (χ0) is 48.1. The molecule has 0 spiro atoms. The Morgan fingerprint density at radius 3 is 2.44 bits per heavy atom. The maximum atomic E-state index is 14.1. The largest absolute Gasteiger partial charge is 0.391 e. The molecule has 1 aliphatic carbocycles. The Kier molecular flexibility index (Phi) is 14.6. The first-order valence-electron chi connectivity index (χ1n) is 22.9. The van der Waals surface area contributed by atoms with Gasteiger partial charge in [-0.15, -0.1) is 21.5 Å². The maximum absolute atomic E-state index is 14.1. The highest BCUT2D eigenvalue weighted by Gasteiger charge is 2.44. The molecule has 5 N–H and O–H groups in total. The number of rotatable bonds is 15. The van der Waals surface area contributed by atoms with Crippen LogP contribution in [0.25, 0.3) is 37.9 Å². The molecule has 6 heterocycles. The first-order valence-corrected chi connectivity index (χ1v) is 24.6. The minimum absolute atomic E-state index is 0.0154. The molecule has 5 aromatic heterocycles. The Morgan fingerprint density at radius 2 is 1.74 bits per heavy atom. The van der Waals surface area contributed by atoms with Crippen molar-refractivity contribution in [1.29, 1.82) is 5.26 Å². The number of pyridine rings is 1. The van der Waals surface area contributed by atoms with E-state index in [4.69, 9.17) is 4.98 Å². The van der Waals surface area contributed by atoms with Crippen LogP contribution in [0.3, 0.4) is 0 Å². The average molecular weight is 957 g/mol. The summed E-state index contributed by atoms with van der Waals surface area (Å²) in [5.41, 5.74) is 8.52. The number of β-amino-alcohol motifs (C(OH)–C–C–N with tert-alkyl or cyclic N) is 1. The Labute approximate surface area is 402 Å². The normalized spacial score (nSPS) is 18.8. The third kappa shape index (κ3) is 10.9. The smallest absolute Gasteiger partial charge is 0.246 e. The van der Waals surface area contributed by atoms with Crippen molar-refractivity contribution in [2.24, 2.45) is 5.41 Å². The number of amides is 4. The van der Waals surface area contributed by atoms with Crippen LogP contribution in [0.1, 0.15) is 99.9 Å². The lowest BCUT2D eigenvalue weighted by molar-refractivity contribution is -0.144. The van der Waals surface area contributed by atoms with E-state index in [1.807, 2.05) is 82.7 Å². The van der Waals surface area contributed by atoms with E-state index in [-0.39, 0.29) is 62.0 Å². The van der Waals surface area contributed by atoms with E-state index >= 15 is 0 Å². The topological polar surface area (TPSA) is 233 Å². The molecular weight excluding hydrogens is 901 g/mol. The number of carbonyl (C=O) groups is 4. The second-order valence-corrected chi connectivity index (χ2v) is 20.5. The number of aromatic nitrogens is 6. The van der Waals surface area contributed by atoms with Crippen molar-refractivity contribution in [2.75, 3.05) is 18.9 Å². The minimum Gasteiger partial charge on any atom is -0.391 e. The molecule has 3 atom stereocenters. The first kappa shape index (κ1) is 47.9. The lowest BCUT2D eigenvalue weighted by Crippen LogP contribution is -2.57. The van der Waals surface area contributed by atoms with Crippen molar-refractivity contribution in [3.8, 4) is 38.5 Å². The van der Waals surface area contributed by atoms with E-state index in [1.54, 1.807) is 39.5 Å². The summed E-state index contributed by atoms with van der Waals surface area (Å²) >= 11 is 3.12. The van der Waals surface area contributed by atoms with Gasteiger partial charge in [0.15, 0.2) is 5.01 Å². The second kappa shape index (κ2) is 20.7. The molecule has 1 saturated heterocycles. The van der Waals surface area contributed by atoms with Gasteiger partial charge < -0.3 is 31.3 Å². The van der Waals surface area contributed by atoms with Gasteiger partial charge in [0.1, 0.15) is 23.2 Å². The van der Waals surface area contributed by atoms with E-state index in [1.165, 1.54) is 11.1 Å². The van der Waals surface area contributed by atoms with Gasteiger partial charge >= 0.3 is 0 Å². The van der Waals surface area contributed by atoms with Gasteiger partial charge in [-0.25, -0.2) is 9.50 Å². The number of hydrogen-bond acceptors (Lipinski definition) is 14. The Hall–Kier alpha value is -6.62. The molecule has 8 rings (SSSR count). The van der Waals surface area contributed by atoms with Crippen LogP contribution < -0.4 is 21.3 Å². The van der Waals surface area contributed by atoms with Crippen molar-refractivity contribution in [1.82, 2.24) is 50.6 Å². The second-order valence-electron chi connectivity index (χ2n) is 18.6. The molecule has 0 unspecified atom stereocenters. The van der Waals surface area contributed by atoms with Gasteiger partial charge in [-0.1, -0.05) is 56.4 Å². The summed E-state index contributed by atoms with van der Waals surface area (Å²) in [6.45, 7) is 7.73. The number of aliphatic hydroxyl groups excluding tert-OH is 1. The van der Waals surface area contributed by atoms with Gasteiger partial charge in [-0.2, -0.15) is 10.4 Å². The standard InChI is InChI=1S/C49H56N12O5S2/c1-28-43(67-27-54-28)31-11-9-29(10-12-31)23-53-45(65)40-20-35(62)26-60(40)48(66)44(49(2,3)4)57-42(64)8-6-7-41(63)56-33-15-13-32(14-16-33)46-58-59-47(68-46)36-25-52-38(21-37(36)51-5)39-18-17-34-19-30(22-50)24-55-61(34)39/h9-12,17-19,21,24-25,27,32-33,35,40,44,62H,6-8,13-16,20,23,26H2,1-5H3,(H,51,52)(H,53,65)(H,56,63)(H,57,64)/t32?,33?,35-,40+,44-/m1/s1. The summed E-state index contributed by atoms with van der Waals surface area (Å²) in [5, 5.41) is 47.3. The van der Waals surface area contributed by atoms with Crippen LogP contribution in [0.4, 0.5) is 5.69 Å². The summed E-state index contributed by atoms with van der Waals surface area (Å²) in [6.07, 6.45) is 6.33. The molecule has 1 aliphatic heterocycles. The predicted octanol–water partition coefficient (Wildman–Crippen LogP) is 6.38. The fourth-order valence-electron chi connectivity index (χ4n) is 8.94. The van der Waals surface area contributed by atoms with Crippen molar-refractivity contribution >= 4 is 57.5 Å². The van der Waals surface area contributed by atoms with Crippen LogP contribution in [0.2, 0.25) is 0 Å². The Balaban J connectivity index is 0.781. The van der Waals surface area contributed by atoms with Crippen LogP contribution in [0, 0.1) is 23.7 Å². The lowest BCUT2D eigenvalue weighted by atomic mass is 9.85. The predicted molar refractivity (Wildman–Crippen MR) is 260 cm³/mol. The molecule has 19 heteroatoms. The molecule has 1 saturated carbocycles. The molecule has 2 fully saturated rings. The summed E-state index contributed by atoms with van der Waals surface area (Å²) in [5.74, 6) is -1.08. The lowest BCUT2D eigenvalue weighted by Gasteiger charge is -2.35. The fraction of sp³-hybridized carbons (Fsp3) is 0.429. The van der Waals surface area contributed by atoms with Crippen molar-refractivity contribution in [2.45, 2.75) is 116 Å². The van der Waals surface area contributed by atoms with Gasteiger partial charge in [0.05, 0.1) is 56.4 Å².